The number of hydrogen-bond acceptors (Lipinski definition) is 5. The molecule has 0 saturated carbocycles. The van der Waals surface area contributed by atoms with Gasteiger partial charge in [-0.1, -0.05) is 12.1 Å². The van der Waals surface area contributed by atoms with E-state index in [0.717, 1.165) is 59.1 Å². The molecule has 5 rings (SSSR count). The minimum absolute atomic E-state index is 0.623. The lowest BCUT2D eigenvalue weighted by Crippen LogP contribution is -2.30. The molecule has 1 aromatic carbocycles. The molecule has 0 atom stereocenters. The van der Waals surface area contributed by atoms with E-state index in [1.54, 1.807) is 0 Å². The second-order valence-corrected chi connectivity index (χ2v) is 5.33. The highest BCUT2D eigenvalue weighted by Gasteiger charge is 2.32. The van der Waals surface area contributed by atoms with Crippen LogP contribution < -0.4 is 4.74 Å². The highest BCUT2D eigenvalue weighted by molar-refractivity contribution is 6.13. The quantitative estimate of drug-likeness (QED) is 0.745. The first-order valence-electron chi connectivity index (χ1n) is 7.15. The minimum atomic E-state index is 0.623. The van der Waals surface area contributed by atoms with Crippen LogP contribution in [0.1, 0.15) is 12.2 Å². The molecule has 5 nitrogen and oxygen atoms in total. The Morgan fingerprint density at radius 1 is 1.19 bits per heavy atom. The second-order valence-electron chi connectivity index (χ2n) is 5.33. The van der Waals surface area contributed by atoms with Crippen molar-refractivity contribution >= 4 is 28.8 Å². The van der Waals surface area contributed by atoms with Gasteiger partial charge in [0, 0.05) is 18.5 Å². The first kappa shape index (κ1) is 11.1. The summed E-state index contributed by atoms with van der Waals surface area (Å²) >= 11 is 0. The molecule has 104 valence electrons. The SMILES string of the molecule is C1=NC2=C(CCOc3c2oc2ccccc32)C2=NCCN12. The maximum Gasteiger partial charge on any atom is 0.196 e. The van der Waals surface area contributed by atoms with Crippen LogP contribution in [0.4, 0.5) is 0 Å². The van der Waals surface area contributed by atoms with Gasteiger partial charge in [-0.2, -0.15) is 0 Å². The molecule has 21 heavy (non-hydrogen) atoms. The Morgan fingerprint density at radius 3 is 3.14 bits per heavy atom. The normalized spacial score (nSPS) is 19.8. The summed E-state index contributed by atoms with van der Waals surface area (Å²) in [4.78, 5) is 11.3. The molecule has 0 aliphatic carbocycles. The van der Waals surface area contributed by atoms with Crippen molar-refractivity contribution in [2.75, 3.05) is 19.7 Å². The molecule has 0 N–H and O–H groups in total. The van der Waals surface area contributed by atoms with Gasteiger partial charge in [0.05, 0.1) is 24.9 Å². The molecule has 0 radical (unpaired) electrons. The first-order chi connectivity index (χ1) is 10.4. The fourth-order valence-electron chi connectivity index (χ4n) is 3.15. The fourth-order valence-corrected chi connectivity index (χ4v) is 3.15. The van der Waals surface area contributed by atoms with Crippen LogP contribution in [-0.4, -0.2) is 36.8 Å². The van der Waals surface area contributed by atoms with E-state index in [1.165, 1.54) is 0 Å². The van der Waals surface area contributed by atoms with E-state index in [1.807, 2.05) is 30.6 Å². The van der Waals surface area contributed by atoms with Crippen molar-refractivity contribution in [2.24, 2.45) is 9.98 Å². The smallest absolute Gasteiger partial charge is 0.196 e. The predicted octanol–water partition coefficient (Wildman–Crippen LogP) is 2.68. The van der Waals surface area contributed by atoms with Gasteiger partial charge in [-0.25, -0.2) is 4.99 Å². The van der Waals surface area contributed by atoms with Crippen molar-refractivity contribution in [3.05, 3.63) is 35.6 Å². The summed E-state index contributed by atoms with van der Waals surface area (Å²) in [6.07, 6.45) is 2.66. The molecule has 0 unspecified atom stereocenters. The van der Waals surface area contributed by atoms with E-state index < -0.39 is 0 Å². The number of amidine groups is 1. The van der Waals surface area contributed by atoms with Gasteiger partial charge >= 0.3 is 0 Å². The Kier molecular flexibility index (Phi) is 2.11. The largest absolute Gasteiger partial charge is 0.488 e. The van der Waals surface area contributed by atoms with Crippen LogP contribution in [-0.2, 0) is 0 Å². The van der Waals surface area contributed by atoms with Crippen molar-refractivity contribution in [1.29, 1.82) is 0 Å². The van der Waals surface area contributed by atoms with E-state index in [0.29, 0.717) is 6.61 Å². The lowest BCUT2D eigenvalue weighted by atomic mass is 10.1. The molecule has 4 heterocycles. The maximum atomic E-state index is 6.02. The summed E-state index contributed by atoms with van der Waals surface area (Å²) in [5.74, 6) is 2.56. The Bertz CT molecular complexity index is 844. The summed E-state index contributed by atoms with van der Waals surface area (Å²) in [6.45, 7) is 2.35. The zero-order chi connectivity index (χ0) is 13.8. The van der Waals surface area contributed by atoms with Gasteiger partial charge in [-0.3, -0.25) is 4.99 Å². The van der Waals surface area contributed by atoms with Crippen LogP contribution in [0.3, 0.4) is 0 Å². The van der Waals surface area contributed by atoms with Gasteiger partial charge in [0.1, 0.15) is 17.1 Å². The van der Waals surface area contributed by atoms with Crippen molar-refractivity contribution in [2.45, 2.75) is 6.42 Å². The van der Waals surface area contributed by atoms with E-state index in [9.17, 15) is 0 Å². The van der Waals surface area contributed by atoms with Gasteiger partial charge in [0.15, 0.2) is 11.5 Å². The average molecular weight is 279 g/mol. The lowest BCUT2D eigenvalue weighted by Gasteiger charge is -2.21. The van der Waals surface area contributed by atoms with Gasteiger partial charge < -0.3 is 14.1 Å². The third-order valence-corrected chi connectivity index (χ3v) is 4.12. The lowest BCUT2D eigenvalue weighted by molar-refractivity contribution is 0.324. The van der Waals surface area contributed by atoms with Crippen LogP contribution >= 0.6 is 0 Å². The molecule has 5 heteroatoms. The number of fused-ring (bicyclic) bond motifs is 6. The molecule has 0 bridgehead atoms. The minimum Gasteiger partial charge on any atom is -0.488 e. The maximum absolute atomic E-state index is 6.02. The number of aliphatic imine (C=N–C) groups is 2. The molecule has 0 saturated heterocycles. The monoisotopic (exact) mass is 279 g/mol. The van der Waals surface area contributed by atoms with Crippen LogP contribution in [0.2, 0.25) is 0 Å². The zero-order valence-electron chi connectivity index (χ0n) is 11.4. The van der Waals surface area contributed by atoms with Crippen molar-refractivity contribution in [1.82, 2.24) is 4.90 Å². The van der Waals surface area contributed by atoms with Crippen LogP contribution in [0.25, 0.3) is 16.7 Å². The van der Waals surface area contributed by atoms with Crippen molar-refractivity contribution in [3.63, 3.8) is 0 Å². The van der Waals surface area contributed by atoms with Gasteiger partial charge in [-0.05, 0) is 12.1 Å². The standard InChI is InChI=1S/C16H13N3O2/c1-2-4-12-10(3-1)14-15(21-12)13-11(5-8-20-14)16-17-6-7-19(16)9-18-13/h1-4,9H,5-8H2. The summed E-state index contributed by atoms with van der Waals surface area (Å²) in [5, 5.41) is 1.01. The van der Waals surface area contributed by atoms with Crippen LogP contribution in [0.15, 0.2) is 44.2 Å². The molecular weight excluding hydrogens is 266 g/mol. The number of hydrogen-bond donors (Lipinski definition) is 0. The zero-order valence-corrected chi connectivity index (χ0v) is 11.4. The van der Waals surface area contributed by atoms with Crippen molar-refractivity contribution in [3.8, 4) is 5.75 Å². The second kappa shape index (κ2) is 3.97. The molecule has 0 fully saturated rings. The topological polar surface area (TPSA) is 50.3 Å². The number of para-hydroxylation sites is 1. The van der Waals surface area contributed by atoms with Crippen molar-refractivity contribution < 1.29 is 9.15 Å². The number of rotatable bonds is 0. The first-order valence-corrected chi connectivity index (χ1v) is 7.15. The summed E-state index contributed by atoms with van der Waals surface area (Å²) in [6, 6.07) is 7.94. The van der Waals surface area contributed by atoms with E-state index in [2.05, 4.69) is 14.9 Å². The number of nitrogens with zero attached hydrogens (tertiary/aromatic N) is 3. The van der Waals surface area contributed by atoms with E-state index in [-0.39, 0.29) is 0 Å². The van der Waals surface area contributed by atoms with E-state index >= 15 is 0 Å². The third kappa shape index (κ3) is 1.46. The summed E-state index contributed by atoms with van der Waals surface area (Å²) in [7, 11) is 0. The van der Waals surface area contributed by atoms with Crippen LogP contribution in [0.5, 0.6) is 5.75 Å². The Morgan fingerprint density at radius 2 is 2.14 bits per heavy atom. The fraction of sp³-hybridized carbons (Fsp3) is 0.250. The van der Waals surface area contributed by atoms with E-state index in [4.69, 9.17) is 9.15 Å². The molecule has 2 aromatic rings. The molecule has 3 aliphatic heterocycles. The molecule has 3 aliphatic rings. The average Bonchev–Trinajstić information content (AvgIpc) is 3.08. The Hall–Kier alpha value is -2.56. The predicted molar refractivity (Wildman–Crippen MR) is 80.7 cm³/mol. The third-order valence-electron chi connectivity index (χ3n) is 4.12. The number of furan rings is 1. The molecule has 1 aromatic heterocycles. The van der Waals surface area contributed by atoms with Gasteiger partial charge in [0.2, 0.25) is 0 Å². The number of ether oxygens (including phenoxy) is 1. The molecule has 0 amide bonds. The number of benzene rings is 1. The Balaban J connectivity index is 1.79. The highest BCUT2D eigenvalue weighted by atomic mass is 16.5. The summed E-state index contributed by atoms with van der Waals surface area (Å²) < 4.78 is 12.0. The summed E-state index contributed by atoms with van der Waals surface area (Å²) in [5.41, 5.74) is 2.84. The van der Waals surface area contributed by atoms with Gasteiger partial charge in [-0.15, -0.1) is 0 Å². The van der Waals surface area contributed by atoms with Gasteiger partial charge in [0.25, 0.3) is 0 Å². The van der Waals surface area contributed by atoms with Crippen LogP contribution in [0, 0.1) is 0 Å². The molecular formula is C16H13N3O2. The Labute approximate surface area is 121 Å². The molecule has 0 spiro atoms. The highest BCUT2D eigenvalue weighted by Crippen LogP contribution is 2.42.